The molecule has 0 heterocycles. The Hall–Kier alpha value is -1.61. The molecule has 3 heteroatoms. The van der Waals surface area contributed by atoms with Crippen LogP contribution in [0.4, 0.5) is 0 Å². The summed E-state index contributed by atoms with van der Waals surface area (Å²) in [7, 11) is 0. The quantitative estimate of drug-likeness (QED) is 0.605. The first-order valence-corrected chi connectivity index (χ1v) is 4.79. The topological polar surface area (TPSA) is 46.5 Å². The van der Waals surface area contributed by atoms with E-state index in [0.717, 1.165) is 5.56 Å². The number of rotatable bonds is 4. The van der Waals surface area contributed by atoms with Crippen LogP contribution in [0.25, 0.3) is 6.08 Å². The molecular weight excluding hydrogens is 192 g/mol. The molecule has 0 aliphatic rings. The van der Waals surface area contributed by atoms with Gasteiger partial charge in [-0.15, -0.1) is 0 Å². The van der Waals surface area contributed by atoms with E-state index < -0.39 is 0 Å². The summed E-state index contributed by atoms with van der Waals surface area (Å²) >= 11 is 0. The number of aliphatic hydroxyl groups excluding tert-OH is 1. The van der Waals surface area contributed by atoms with Gasteiger partial charge in [-0.05, 0) is 12.5 Å². The lowest BCUT2D eigenvalue weighted by molar-refractivity contribution is -0.131. The monoisotopic (exact) mass is 206 g/mol. The average Bonchev–Trinajstić information content (AvgIpc) is 2.20. The largest absolute Gasteiger partial charge is 0.426 e. The van der Waals surface area contributed by atoms with E-state index in [4.69, 9.17) is 9.84 Å². The van der Waals surface area contributed by atoms with Crippen molar-refractivity contribution in [3.05, 3.63) is 35.9 Å². The number of ether oxygens (including phenoxy) is 1. The number of carbonyl (C=O) groups excluding carboxylic acids is 1. The number of carbonyl (C=O) groups is 1. The summed E-state index contributed by atoms with van der Waals surface area (Å²) in [5.41, 5.74) is 0.834. The van der Waals surface area contributed by atoms with E-state index in [1.807, 2.05) is 30.4 Å². The van der Waals surface area contributed by atoms with E-state index in [1.165, 1.54) is 6.92 Å². The predicted octanol–water partition coefficient (Wildman–Crippen LogP) is 2.01. The van der Waals surface area contributed by atoms with Gasteiger partial charge in [0.25, 0.3) is 0 Å². The van der Waals surface area contributed by atoms with Crippen LogP contribution in [0.2, 0.25) is 0 Å². The van der Waals surface area contributed by atoms with Crippen LogP contribution in [0.1, 0.15) is 18.9 Å². The van der Waals surface area contributed by atoms with Gasteiger partial charge in [0, 0.05) is 19.1 Å². The van der Waals surface area contributed by atoms with E-state index in [2.05, 4.69) is 0 Å². The second-order valence-electron chi connectivity index (χ2n) is 3.05. The molecule has 1 aromatic rings. The zero-order chi connectivity index (χ0) is 11.1. The lowest BCUT2D eigenvalue weighted by Gasteiger charge is -2.04. The fourth-order valence-electron chi connectivity index (χ4n) is 1.15. The highest BCUT2D eigenvalue weighted by Crippen LogP contribution is 2.19. The Kier molecular flexibility index (Phi) is 4.57. The molecule has 0 atom stereocenters. The molecule has 0 aromatic heterocycles. The van der Waals surface area contributed by atoms with Crippen molar-refractivity contribution in [3.8, 4) is 5.75 Å². The summed E-state index contributed by atoms with van der Waals surface area (Å²) in [5.74, 6) is 0.206. The summed E-state index contributed by atoms with van der Waals surface area (Å²) < 4.78 is 5.02. The number of para-hydroxylation sites is 1. The minimum Gasteiger partial charge on any atom is -0.426 e. The van der Waals surface area contributed by atoms with Gasteiger partial charge in [-0.25, -0.2) is 0 Å². The number of hydrogen-bond acceptors (Lipinski definition) is 3. The number of aliphatic hydroxyl groups is 1. The normalized spacial score (nSPS) is 10.5. The third kappa shape index (κ3) is 3.95. The Morgan fingerprint density at radius 1 is 1.47 bits per heavy atom. The summed E-state index contributed by atoms with van der Waals surface area (Å²) in [6, 6.07) is 7.26. The van der Waals surface area contributed by atoms with Gasteiger partial charge in [-0.3, -0.25) is 4.79 Å². The van der Waals surface area contributed by atoms with E-state index in [-0.39, 0.29) is 12.6 Å². The highest BCUT2D eigenvalue weighted by Gasteiger charge is 2.01. The Balaban J connectivity index is 2.81. The maximum atomic E-state index is 10.8. The zero-order valence-corrected chi connectivity index (χ0v) is 8.64. The fraction of sp³-hybridized carbons (Fsp3) is 0.250. The van der Waals surface area contributed by atoms with Crippen LogP contribution in [-0.2, 0) is 4.79 Å². The van der Waals surface area contributed by atoms with Crippen LogP contribution in [0.15, 0.2) is 30.3 Å². The van der Waals surface area contributed by atoms with Gasteiger partial charge < -0.3 is 9.84 Å². The highest BCUT2D eigenvalue weighted by atomic mass is 16.5. The van der Waals surface area contributed by atoms with Crippen molar-refractivity contribution in [2.24, 2.45) is 0 Å². The van der Waals surface area contributed by atoms with Crippen molar-refractivity contribution in [3.63, 3.8) is 0 Å². The zero-order valence-electron chi connectivity index (χ0n) is 8.64. The fourth-order valence-corrected chi connectivity index (χ4v) is 1.15. The molecule has 0 saturated carbocycles. The third-order valence-corrected chi connectivity index (χ3v) is 1.77. The molecule has 1 aromatic carbocycles. The highest BCUT2D eigenvalue weighted by molar-refractivity contribution is 5.71. The van der Waals surface area contributed by atoms with E-state index in [1.54, 1.807) is 6.07 Å². The maximum Gasteiger partial charge on any atom is 0.308 e. The number of esters is 1. The van der Waals surface area contributed by atoms with Crippen molar-refractivity contribution in [1.29, 1.82) is 0 Å². The number of benzene rings is 1. The molecule has 80 valence electrons. The van der Waals surface area contributed by atoms with Crippen LogP contribution in [-0.4, -0.2) is 17.7 Å². The third-order valence-electron chi connectivity index (χ3n) is 1.77. The molecule has 15 heavy (non-hydrogen) atoms. The molecule has 0 radical (unpaired) electrons. The first-order chi connectivity index (χ1) is 7.24. The molecule has 0 fully saturated rings. The molecule has 1 rings (SSSR count). The van der Waals surface area contributed by atoms with Crippen LogP contribution in [0.5, 0.6) is 5.75 Å². The first kappa shape index (κ1) is 11.5. The van der Waals surface area contributed by atoms with E-state index >= 15 is 0 Å². The number of hydrogen-bond donors (Lipinski definition) is 1. The van der Waals surface area contributed by atoms with Crippen molar-refractivity contribution < 1.29 is 14.6 Å². The van der Waals surface area contributed by atoms with Crippen molar-refractivity contribution in [1.82, 2.24) is 0 Å². The van der Waals surface area contributed by atoms with Gasteiger partial charge >= 0.3 is 5.97 Å². The smallest absolute Gasteiger partial charge is 0.308 e. The second kappa shape index (κ2) is 5.98. The van der Waals surface area contributed by atoms with Crippen LogP contribution in [0, 0.1) is 0 Å². The van der Waals surface area contributed by atoms with Crippen LogP contribution < -0.4 is 4.74 Å². The predicted molar refractivity (Wildman–Crippen MR) is 58.5 cm³/mol. The lowest BCUT2D eigenvalue weighted by atomic mass is 10.2. The lowest BCUT2D eigenvalue weighted by Crippen LogP contribution is -2.02. The summed E-state index contributed by atoms with van der Waals surface area (Å²) in [6.07, 6.45) is 4.26. The van der Waals surface area contributed by atoms with Gasteiger partial charge in [0.05, 0.1) is 0 Å². The van der Waals surface area contributed by atoms with Crippen LogP contribution >= 0.6 is 0 Å². The van der Waals surface area contributed by atoms with Gasteiger partial charge in [-0.1, -0.05) is 30.4 Å². The van der Waals surface area contributed by atoms with Crippen molar-refractivity contribution in [2.45, 2.75) is 13.3 Å². The Morgan fingerprint density at radius 2 is 2.20 bits per heavy atom. The Labute approximate surface area is 89.0 Å². The minimum absolute atomic E-state index is 0.117. The molecule has 0 unspecified atom stereocenters. The molecule has 0 aliphatic carbocycles. The van der Waals surface area contributed by atoms with Gasteiger partial charge in [0.1, 0.15) is 5.75 Å². The molecule has 0 spiro atoms. The summed E-state index contributed by atoms with van der Waals surface area (Å²) in [4.78, 5) is 10.8. The average molecular weight is 206 g/mol. The molecule has 0 saturated heterocycles. The van der Waals surface area contributed by atoms with Gasteiger partial charge in [-0.2, -0.15) is 0 Å². The van der Waals surface area contributed by atoms with E-state index in [9.17, 15) is 4.79 Å². The first-order valence-electron chi connectivity index (χ1n) is 4.79. The molecule has 1 N–H and O–H groups in total. The van der Waals surface area contributed by atoms with Crippen molar-refractivity contribution >= 4 is 12.0 Å². The second-order valence-corrected chi connectivity index (χ2v) is 3.05. The molecule has 0 bridgehead atoms. The standard InChI is InChI=1S/C12H14O3/c1-10(14)15-12-8-3-2-6-11(12)7-4-5-9-13/h2-4,6-8,13H,5,9H2,1H3. The molecule has 0 amide bonds. The van der Waals surface area contributed by atoms with Gasteiger partial charge in [0.2, 0.25) is 0 Å². The Bertz CT molecular complexity index is 356. The van der Waals surface area contributed by atoms with Gasteiger partial charge in [0.15, 0.2) is 0 Å². The minimum atomic E-state index is -0.335. The van der Waals surface area contributed by atoms with Crippen LogP contribution in [0.3, 0.4) is 0 Å². The summed E-state index contributed by atoms with van der Waals surface area (Å²) in [6.45, 7) is 1.49. The summed E-state index contributed by atoms with van der Waals surface area (Å²) in [5, 5.41) is 8.62. The Morgan fingerprint density at radius 3 is 2.87 bits per heavy atom. The SMILES string of the molecule is CC(=O)Oc1ccccc1C=CCCO. The maximum absolute atomic E-state index is 10.8. The molecular formula is C12H14O3. The molecule has 0 aliphatic heterocycles. The van der Waals surface area contributed by atoms with E-state index in [0.29, 0.717) is 12.2 Å². The molecule has 3 nitrogen and oxygen atoms in total. The van der Waals surface area contributed by atoms with Crippen molar-refractivity contribution in [2.75, 3.05) is 6.61 Å².